The monoisotopic (exact) mass is 362 g/mol. The molecule has 2 heterocycles. The highest BCUT2D eigenvalue weighted by Crippen LogP contribution is 2.30. The van der Waals surface area contributed by atoms with Crippen molar-refractivity contribution in [1.29, 1.82) is 0 Å². The third kappa shape index (κ3) is 3.21. The van der Waals surface area contributed by atoms with Crippen molar-refractivity contribution in [1.82, 2.24) is 9.47 Å². The average Bonchev–Trinajstić information content (AvgIpc) is 3.04. The van der Waals surface area contributed by atoms with E-state index < -0.39 is 5.97 Å². The molecule has 0 spiro atoms. The predicted octanol–water partition coefficient (Wildman–Crippen LogP) is 3.90. The van der Waals surface area contributed by atoms with Crippen molar-refractivity contribution in [2.24, 2.45) is 7.05 Å². The van der Waals surface area contributed by atoms with Crippen LogP contribution in [0.4, 0.5) is 0 Å². The number of carboxylic acid groups (broad SMARTS) is 1. The van der Waals surface area contributed by atoms with Gasteiger partial charge in [0.15, 0.2) is 0 Å². The minimum absolute atomic E-state index is 0.0471. The smallest absolute Gasteiger partial charge is 0.335 e. The number of benzene rings is 2. The highest BCUT2D eigenvalue weighted by Gasteiger charge is 2.27. The van der Waals surface area contributed by atoms with Gasteiger partial charge < -0.3 is 14.6 Å². The van der Waals surface area contributed by atoms with Crippen LogP contribution in [0.15, 0.2) is 54.7 Å². The lowest BCUT2D eigenvalue weighted by atomic mass is 9.89. The van der Waals surface area contributed by atoms with E-state index in [0.717, 1.165) is 41.4 Å². The Morgan fingerprint density at radius 1 is 1.11 bits per heavy atom. The zero-order valence-electron chi connectivity index (χ0n) is 15.3. The van der Waals surface area contributed by atoms with Crippen molar-refractivity contribution in [2.45, 2.75) is 18.8 Å². The molecule has 0 unspecified atom stereocenters. The van der Waals surface area contributed by atoms with Gasteiger partial charge >= 0.3 is 5.97 Å². The van der Waals surface area contributed by atoms with E-state index >= 15 is 0 Å². The summed E-state index contributed by atoms with van der Waals surface area (Å²) < 4.78 is 1.99. The average molecular weight is 362 g/mol. The van der Waals surface area contributed by atoms with Crippen molar-refractivity contribution < 1.29 is 14.7 Å². The summed E-state index contributed by atoms with van der Waals surface area (Å²) in [4.78, 5) is 26.4. The Morgan fingerprint density at radius 2 is 1.93 bits per heavy atom. The maximum atomic E-state index is 13.2. The Morgan fingerprint density at radius 3 is 2.74 bits per heavy atom. The summed E-state index contributed by atoms with van der Waals surface area (Å²) in [6.07, 6.45) is 3.78. The number of rotatable bonds is 3. The van der Waals surface area contributed by atoms with Gasteiger partial charge in [0.25, 0.3) is 5.91 Å². The minimum atomic E-state index is -0.920. The first-order chi connectivity index (χ1) is 13.0. The molecule has 3 aromatic rings. The second-order valence-electron chi connectivity index (χ2n) is 7.19. The highest BCUT2D eigenvalue weighted by molar-refractivity contribution is 6.07. The largest absolute Gasteiger partial charge is 0.478 e. The molecule has 2 aromatic carbocycles. The number of fused-ring (bicyclic) bond motifs is 1. The molecule has 1 atom stereocenters. The van der Waals surface area contributed by atoms with Crippen molar-refractivity contribution in [3.63, 3.8) is 0 Å². The molecule has 5 nitrogen and oxygen atoms in total. The van der Waals surface area contributed by atoms with Gasteiger partial charge in [0.1, 0.15) is 0 Å². The van der Waals surface area contributed by atoms with E-state index in [1.54, 1.807) is 18.2 Å². The number of aromatic nitrogens is 1. The van der Waals surface area contributed by atoms with E-state index in [1.807, 2.05) is 53.0 Å². The number of likely N-dealkylation sites (tertiary alicyclic amines) is 1. The SMILES string of the molecule is Cn1cc(C(=O)N2CCC[C@H](c3cccc(C(=O)O)c3)C2)c2ccccc21. The first-order valence-electron chi connectivity index (χ1n) is 9.21. The quantitative estimate of drug-likeness (QED) is 0.769. The Balaban J connectivity index is 1.60. The number of nitrogens with zero attached hydrogens (tertiary/aromatic N) is 2. The van der Waals surface area contributed by atoms with Crippen LogP contribution in [0.3, 0.4) is 0 Å². The predicted molar refractivity (Wildman–Crippen MR) is 104 cm³/mol. The summed E-state index contributed by atoms with van der Waals surface area (Å²) in [5.74, 6) is -0.709. The van der Waals surface area contributed by atoms with Gasteiger partial charge in [0.05, 0.1) is 11.1 Å². The number of aromatic carboxylic acids is 1. The molecule has 0 saturated carbocycles. The van der Waals surface area contributed by atoms with Gasteiger partial charge in [-0.15, -0.1) is 0 Å². The summed E-state index contributed by atoms with van der Waals surface area (Å²) in [6, 6.07) is 15.0. The maximum Gasteiger partial charge on any atom is 0.335 e. The van der Waals surface area contributed by atoms with Gasteiger partial charge in [0.2, 0.25) is 0 Å². The molecule has 138 valence electrons. The molecule has 27 heavy (non-hydrogen) atoms. The number of aryl methyl sites for hydroxylation is 1. The van der Waals surface area contributed by atoms with Crippen LogP contribution in [-0.4, -0.2) is 39.5 Å². The van der Waals surface area contributed by atoms with Crippen LogP contribution in [0.1, 0.15) is 45.0 Å². The van der Waals surface area contributed by atoms with Gasteiger partial charge in [-0.05, 0) is 36.6 Å². The van der Waals surface area contributed by atoms with E-state index in [1.165, 1.54) is 0 Å². The first-order valence-corrected chi connectivity index (χ1v) is 9.21. The number of piperidine rings is 1. The van der Waals surface area contributed by atoms with Crippen LogP contribution in [-0.2, 0) is 7.05 Å². The highest BCUT2D eigenvalue weighted by atomic mass is 16.4. The molecule has 0 bridgehead atoms. The molecule has 4 rings (SSSR count). The number of carbonyl (C=O) groups excluding carboxylic acids is 1. The van der Waals surface area contributed by atoms with Gasteiger partial charge in [-0.2, -0.15) is 0 Å². The molecule has 1 N–H and O–H groups in total. The Hall–Kier alpha value is -3.08. The van der Waals surface area contributed by atoms with E-state index in [9.17, 15) is 14.7 Å². The van der Waals surface area contributed by atoms with Crippen LogP contribution in [0.5, 0.6) is 0 Å². The maximum absolute atomic E-state index is 13.2. The van der Waals surface area contributed by atoms with Gasteiger partial charge in [-0.1, -0.05) is 30.3 Å². The fourth-order valence-corrected chi connectivity index (χ4v) is 4.04. The zero-order chi connectivity index (χ0) is 19.0. The second-order valence-corrected chi connectivity index (χ2v) is 7.19. The Bertz CT molecular complexity index is 1020. The number of amides is 1. The molecular weight excluding hydrogens is 340 g/mol. The fraction of sp³-hybridized carbons (Fsp3) is 0.273. The number of carboxylic acids is 1. The first kappa shape index (κ1) is 17.3. The zero-order valence-corrected chi connectivity index (χ0v) is 15.3. The number of hydrogen-bond acceptors (Lipinski definition) is 2. The Kier molecular flexibility index (Phi) is 4.44. The van der Waals surface area contributed by atoms with E-state index in [0.29, 0.717) is 12.1 Å². The molecule has 0 aliphatic carbocycles. The molecule has 1 amide bonds. The summed E-state index contributed by atoms with van der Waals surface area (Å²) in [6.45, 7) is 1.35. The summed E-state index contributed by atoms with van der Waals surface area (Å²) in [7, 11) is 1.95. The molecule has 5 heteroatoms. The van der Waals surface area contributed by atoms with Crippen LogP contribution in [0, 0.1) is 0 Å². The lowest BCUT2D eigenvalue weighted by molar-refractivity contribution is 0.0688. The lowest BCUT2D eigenvalue weighted by Gasteiger charge is -2.33. The van der Waals surface area contributed by atoms with Crippen LogP contribution in [0.2, 0.25) is 0 Å². The molecule has 1 saturated heterocycles. The number of hydrogen-bond donors (Lipinski definition) is 1. The van der Waals surface area contributed by atoms with Crippen molar-refractivity contribution in [3.8, 4) is 0 Å². The standard InChI is InChI=1S/C22H22N2O3/c1-23-14-19(18-9-2-3-10-20(18)23)21(25)24-11-5-8-17(13-24)15-6-4-7-16(12-15)22(26)27/h2-4,6-7,9-10,12,14,17H,5,8,11,13H2,1H3,(H,26,27)/t17-/m0/s1. The molecule has 1 aromatic heterocycles. The summed E-state index contributed by atoms with van der Waals surface area (Å²) in [5.41, 5.74) is 3.06. The molecule has 1 fully saturated rings. The van der Waals surface area contributed by atoms with E-state index in [4.69, 9.17) is 0 Å². The van der Waals surface area contributed by atoms with Crippen LogP contribution in [0.25, 0.3) is 10.9 Å². The van der Waals surface area contributed by atoms with Gasteiger partial charge in [-0.3, -0.25) is 4.79 Å². The number of carbonyl (C=O) groups is 2. The van der Waals surface area contributed by atoms with Crippen molar-refractivity contribution in [2.75, 3.05) is 13.1 Å². The topological polar surface area (TPSA) is 62.5 Å². The van der Waals surface area contributed by atoms with Gasteiger partial charge in [-0.25, -0.2) is 4.79 Å². The third-order valence-electron chi connectivity index (χ3n) is 5.44. The normalized spacial score (nSPS) is 17.2. The van der Waals surface area contributed by atoms with Crippen molar-refractivity contribution >= 4 is 22.8 Å². The lowest BCUT2D eigenvalue weighted by Crippen LogP contribution is -2.39. The number of para-hydroxylation sites is 1. The summed E-state index contributed by atoms with van der Waals surface area (Å²) >= 11 is 0. The second kappa shape index (κ2) is 6.91. The Labute approximate surface area is 157 Å². The summed E-state index contributed by atoms with van der Waals surface area (Å²) in [5, 5.41) is 10.2. The molecule has 1 aliphatic heterocycles. The van der Waals surface area contributed by atoms with E-state index in [2.05, 4.69) is 0 Å². The van der Waals surface area contributed by atoms with Crippen LogP contribution < -0.4 is 0 Å². The third-order valence-corrected chi connectivity index (χ3v) is 5.44. The van der Waals surface area contributed by atoms with Crippen LogP contribution >= 0.6 is 0 Å². The van der Waals surface area contributed by atoms with E-state index in [-0.39, 0.29) is 11.8 Å². The molecular formula is C22H22N2O3. The molecule has 0 radical (unpaired) electrons. The van der Waals surface area contributed by atoms with Crippen molar-refractivity contribution in [3.05, 3.63) is 71.4 Å². The fourth-order valence-electron chi connectivity index (χ4n) is 4.04. The molecule has 1 aliphatic rings. The van der Waals surface area contributed by atoms with Gasteiger partial charge in [0, 0.05) is 43.2 Å². The minimum Gasteiger partial charge on any atom is -0.478 e.